The number of nitrogens with zero attached hydrogens (tertiary/aromatic N) is 1. The van der Waals surface area contributed by atoms with Crippen LogP contribution in [-0.2, 0) is 9.59 Å². The first-order valence-corrected chi connectivity index (χ1v) is 8.55. The molecule has 2 aromatic rings. The first kappa shape index (κ1) is 20.5. The van der Waals surface area contributed by atoms with E-state index in [2.05, 4.69) is 10.6 Å². The zero-order valence-electron chi connectivity index (χ0n) is 15.4. The number of para-hydroxylation sites is 1. The number of likely N-dealkylation sites (N-methyl/N-ethyl adjacent to an activating group) is 1. The molecule has 0 atom stereocenters. The van der Waals surface area contributed by atoms with Gasteiger partial charge in [0.05, 0.1) is 38.0 Å². The van der Waals surface area contributed by atoms with Crippen LogP contribution in [0.4, 0.5) is 11.4 Å². The van der Waals surface area contributed by atoms with Crippen LogP contribution in [-0.4, -0.2) is 51.1 Å². The number of carbonyl (C=O) groups excluding carboxylic acids is 2. The Kier molecular flexibility index (Phi) is 7.45. The van der Waals surface area contributed by atoms with Gasteiger partial charge in [-0.15, -0.1) is 0 Å². The molecule has 0 saturated carbocycles. The predicted molar refractivity (Wildman–Crippen MR) is 106 cm³/mol. The minimum atomic E-state index is -0.301. The Morgan fingerprint density at radius 3 is 2.15 bits per heavy atom. The lowest BCUT2D eigenvalue weighted by molar-refractivity contribution is -0.119. The van der Waals surface area contributed by atoms with Crippen molar-refractivity contribution in [2.45, 2.75) is 0 Å². The molecule has 144 valence electrons. The fourth-order valence-electron chi connectivity index (χ4n) is 2.42. The van der Waals surface area contributed by atoms with E-state index in [-0.39, 0.29) is 24.9 Å². The molecule has 0 unspecified atom stereocenters. The van der Waals surface area contributed by atoms with Crippen molar-refractivity contribution < 1.29 is 19.1 Å². The molecule has 0 radical (unpaired) electrons. The second-order valence-electron chi connectivity index (χ2n) is 5.82. The molecule has 0 saturated heterocycles. The van der Waals surface area contributed by atoms with Gasteiger partial charge in [-0.2, -0.15) is 0 Å². The number of anilines is 2. The molecule has 2 aromatic carbocycles. The monoisotopic (exact) mass is 391 g/mol. The van der Waals surface area contributed by atoms with Gasteiger partial charge in [0.15, 0.2) is 0 Å². The minimum Gasteiger partial charge on any atom is -0.495 e. The molecule has 2 N–H and O–H groups in total. The van der Waals surface area contributed by atoms with Crippen molar-refractivity contribution in [3.8, 4) is 11.5 Å². The number of ether oxygens (including phenoxy) is 2. The quantitative estimate of drug-likeness (QED) is 0.723. The SMILES string of the molecule is COc1cc(OC)c(NC(=O)CN(C)CC(=O)Nc2ccccc2)cc1Cl. The minimum absolute atomic E-state index is 0.0228. The average Bonchev–Trinajstić information content (AvgIpc) is 2.62. The van der Waals surface area contributed by atoms with Crippen molar-refractivity contribution in [1.29, 1.82) is 0 Å². The number of methoxy groups -OCH3 is 2. The van der Waals surface area contributed by atoms with Crippen LogP contribution in [0.1, 0.15) is 0 Å². The zero-order chi connectivity index (χ0) is 19.8. The zero-order valence-corrected chi connectivity index (χ0v) is 16.2. The number of carbonyl (C=O) groups is 2. The third kappa shape index (κ3) is 6.16. The molecule has 0 aromatic heterocycles. The summed E-state index contributed by atoms with van der Waals surface area (Å²) < 4.78 is 10.4. The first-order valence-electron chi connectivity index (χ1n) is 8.17. The van der Waals surface area contributed by atoms with Crippen LogP contribution >= 0.6 is 11.6 Å². The Morgan fingerprint density at radius 1 is 0.963 bits per heavy atom. The fraction of sp³-hybridized carbons (Fsp3) is 0.263. The average molecular weight is 392 g/mol. The van der Waals surface area contributed by atoms with Crippen molar-refractivity contribution in [2.75, 3.05) is 45.0 Å². The van der Waals surface area contributed by atoms with Gasteiger partial charge in [0.25, 0.3) is 0 Å². The normalized spacial score (nSPS) is 10.4. The molecular weight excluding hydrogens is 370 g/mol. The third-order valence-electron chi connectivity index (χ3n) is 3.63. The van der Waals surface area contributed by atoms with E-state index in [9.17, 15) is 9.59 Å². The number of nitrogens with one attached hydrogen (secondary N) is 2. The van der Waals surface area contributed by atoms with E-state index in [0.29, 0.717) is 27.9 Å². The highest BCUT2D eigenvalue weighted by Gasteiger charge is 2.15. The standard InChI is InChI=1S/C19H22ClN3O4/c1-23(11-18(24)21-13-7-5-4-6-8-13)12-19(25)22-15-9-14(20)16(26-2)10-17(15)27-3/h4-10H,11-12H2,1-3H3,(H,21,24)(H,22,25). The van der Waals surface area contributed by atoms with Crippen LogP contribution in [0.15, 0.2) is 42.5 Å². The highest BCUT2D eigenvalue weighted by atomic mass is 35.5. The summed E-state index contributed by atoms with van der Waals surface area (Å²) in [5, 5.41) is 5.85. The van der Waals surface area contributed by atoms with Crippen molar-refractivity contribution in [3.05, 3.63) is 47.5 Å². The molecule has 0 spiro atoms. The van der Waals surface area contributed by atoms with Crippen LogP contribution < -0.4 is 20.1 Å². The smallest absolute Gasteiger partial charge is 0.238 e. The van der Waals surface area contributed by atoms with Gasteiger partial charge < -0.3 is 20.1 Å². The summed E-state index contributed by atoms with van der Waals surface area (Å²) in [6, 6.07) is 12.3. The molecule has 7 nitrogen and oxygen atoms in total. The summed E-state index contributed by atoms with van der Waals surface area (Å²) in [5.41, 5.74) is 1.13. The van der Waals surface area contributed by atoms with Crippen molar-refractivity contribution in [2.24, 2.45) is 0 Å². The van der Waals surface area contributed by atoms with Gasteiger partial charge >= 0.3 is 0 Å². The van der Waals surface area contributed by atoms with Crippen LogP contribution in [0.25, 0.3) is 0 Å². The molecule has 2 amide bonds. The Labute approximate surface area is 163 Å². The summed E-state index contributed by atoms with van der Waals surface area (Å²) in [7, 11) is 4.66. The van der Waals surface area contributed by atoms with Crippen LogP contribution in [0, 0.1) is 0 Å². The third-order valence-corrected chi connectivity index (χ3v) is 3.93. The number of benzene rings is 2. The molecule has 0 bridgehead atoms. The van der Waals surface area contributed by atoms with E-state index >= 15 is 0 Å². The number of hydrogen-bond acceptors (Lipinski definition) is 5. The molecule has 0 aliphatic rings. The van der Waals surface area contributed by atoms with Gasteiger partial charge in [-0.3, -0.25) is 14.5 Å². The molecule has 0 aliphatic heterocycles. The largest absolute Gasteiger partial charge is 0.495 e. The molecule has 0 heterocycles. The highest BCUT2D eigenvalue weighted by molar-refractivity contribution is 6.32. The topological polar surface area (TPSA) is 79.9 Å². The Balaban J connectivity index is 1.91. The maximum atomic E-state index is 12.3. The number of halogens is 1. The maximum Gasteiger partial charge on any atom is 0.238 e. The maximum absolute atomic E-state index is 12.3. The molecule has 0 fully saturated rings. The summed E-state index contributed by atoms with van der Waals surface area (Å²) in [6.45, 7) is 0.0951. The van der Waals surface area contributed by atoms with E-state index in [1.54, 1.807) is 36.2 Å². The Morgan fingerprint density at radius 2 is 1.56 bits per heavy atom. The van der Waals surface area contributed by atoms with Gasteiger partial charge in [0.2, 0.25) is 11.8 Å². The first-order chi connectivity index (χ1) is 12.9. The van der Waals surface area contributed by atoms with Crippen molar-refractivity contribution in [3.63, 3.8) is 0 Å². The van der Waals surface area contributed by atoms with Crippen LogP contribution in [0.3, 0.4) is 0 Å². The number of hydrogen-bond donors (Lipinski definition) is 2. The van der Waals surface area contributed by atoms with Crippen molar-refractivity contribution in [1.82, 2.24) is 4.90 Å². The molecule has 27 heavy (non-hydrogen) atoms. The van der Waals surface area contributed by atoms with Gasteiger partial charge in [-0.1, -0.05) is 29.8 Å². The molecule has 2 rings (SSSR count). The lowest BCUT2D eigenvalue weighted by atomic mass is 10.2. The lowest BCUT2D eigenvalue weighted by Crippen LogP contribution is -2.36. The van der Waals surface area contributed by atoms with Crippen LogP contribution in [0.2, 0.25) is 5.02 Å². The second kappa shape index (κ2) is 9.80. The summed E-state index contributed by atoms with van der Waals surface area (Å²) >= 11 is 6.10. The van der Waals surface area contributed by atoms with E-state index in [4.69, 9.17) is 21.1 Å². The molecule has 8 heteroatoms. The summed E-state index contributed by atoms with van der Waals surface area (Å²) in [5.74, 6) is 0.362. The van der Waals surface area contributed by atoms with Gasteiger partial charge in [-0.25, -0.2) is 0 Å². The van der Waals surface area contributed by atoms with E-state index in [1.807, 2.05) is 18.2 Å². The van der Waals surface area contributed by atoms with E-state index < -0.39 is 0 Å². The number of amides is 2. The highest BCUT2D eigenvalue weighted by Crippen LogP contribution is 2.35. The van der Waals surface area contributed by atoms with E-state index in [0.717, 1.165) is 0 Å². The lowest BCUT2D eigenvalue weighted by Gasteiger charge is -2.17. The fourth-order valence-corrected chi connectivity index (χ4v) is 2.66. The van der Waals surface area contributed by atoms with E-state index in [1.165, 1.54) is 14.2 Å². The Hall–Kier alpha value is -2.77. The molecule has 0 aliphatic carbocycles. The predicted octanol–water partition coefficient (Wildman–Crippen LogP) is 2.87. The Bertz CT molecular complexity index is 799. The molecular formula is C19H22ClN3O4. The van der Waals surface area contributed by atoms with Crippen molar-refractivity contribution >= 4 is 34.8 Å². The summed E-state index contributed by atoms with van der Waals surface area (Å²) in [6.07, 6.45) is 0. The number of rotatable bonds is 8. The summed E-state index contributed by atoms with van der Waals surface area (Å²) in [4.78, 5) is 25.9. The van der Waals surface area contributed by atoms with Gasteiger partial charge in [0.1, 0.15) is 11.5 Å². The van der Waals surface area contributed by atoms with Crippen LogP contribution in [0.5, 0.6) is 11.5 Å². The van der Waals surface area contributed by atoms with Gasteiger partial charge in [0, 0.05) is 11.8 Å². The van der Waals surface area contributed by atoms with Gasteiger partial charge in [-0.05, 0) is 25.2 Å². The second-order valence-corrected chi connectivity index (χ2v) is 6.23.